The van der Waals surface area contributed by atoms with Gasteiger partial charge in [0, 0.05) is 41.8 Å². The number of halogens is 1. The summed E-state index contributed by atoms with van der Waals surface area (Å²) in [6.07, 6.45) is 11.6. The van der Waals surface area contributed by atoms with Gasteiger partial charge in [0.2, 0.25) is 0 Å². The van der Waals surface area contributed by atoms with Gasteiger partial charge in [-0.3, -0.25) is 4.68 Å². The highest BCUT2D eigenvalue weighted by Gasteiger charge is 2.47. The zero-order chi connectivity index (χ0) is 25.6. The van der Waals surface area contributed by atoms with Gasteiger partial charge in [-0.25, -0.2) is 15.0 Å². The standard InChI is InChI=1S/C26H29ClN8OS/c1-16-23(28)26(15-36-16)7-10-34(11-8-26)21-13-31-25(24(29)33-21)37-20-6-9-30-19(22(20)27)5-2-17-12-32-35(14-17)18-3-4-18/h6,9,12-14,16,18,23H,3-4,7-8,10-11,15,28H2,1H3,(H2,29,33)/t16-,23+/m0/s1. The Kier molecular flexibility index (Phi) is 6.49. The van der Waals surface area contributed by atoms with Crippen molar-refractivity contribution in [3.63, 3.8) is 0 Å². The van der Waals surface area contributed by atoms with E-state index in [4.69, 9.17) is 27.8 Å². The predicted molar refractivity (Wildman–Crippen MR) is 144 cm³/mol. The topological polar surface area (TPSA) is 121 Å². The quantitative estimate of drug-likeness (QED) is 0.482. The van der Waals surface area contributed by atoms with E-state index in [1.807, 2.05) is 16.9 Å². The number of pyridine rings is 1. The number of rotatable bonds is 4. The van der Waals surface area contributed by atoms with E-state index in [0.29, 0.717) is 27.6 Å². The fourth-order valence-electron chi connectivity index (χ4n) is 5.04. The number of anilines is 2. The summed E-state index contributed by atoms with van der Waals surface area (Å²) in [5.74, 6) is 7.32. The Bertz CT molecular complexity index is 1370. The fraction of sp³-hybridized carbons (Fsp3) is 0.462. The third-order valence-electron chi connectivity index (χ3n) is 7.59. The number of nitrogens with two attached hydrogens (primary N) is 2. The Morgan fingerprint density at radius 3 is 2.70 bits per heavy atom. The van der Waals surface area contributed by atoms with Crippen LogP contribution in [0.4, 0.5) is 11.6 Å². The lowest BCUT2D eigenvalue weighted by atomic mass is 9.73. The van der Waals surface area contributed by atoms with Gasteiger partial charge in [0.25, 0.3) is 0 Å². The highest BCUT2D eigenvalue weighted by atomic mass is 35.5. The summed E-state index contributed by atoms with van der Waals surface area (Å²) < 4.78 is 7.81. The van der Waals surface area contributed by atoms with Crippen molar-refractivity contribution in [2.45, 2.75) is 60.7 Å². The highest BCUT2D eigenvalue weighted by molar-refractivity contribution is 7.99. The lowest BCUT2D eigenvalue weighted by molar-refractivity contribution is 0.0974. The predicted octanol–water partition coefficient (Wildman–Crippen LogP) is 3.52. The summed E-state index contributed by atoms with van der Waals surface area (Å²) in [4.78, 5) is 16.6. The summed E-state index contributed by atoms with van der Waals surface area (Å²) in [6, 6.07) is 2.42. The van der Waals surface area contributed by atoms with Crippen LogP contribution in [-0.2, 0) is 4.74 Å². The van der Waals surface area contributed by atoms with Crippen molar-refractivity contribution in [1.82, 2.24) is 24.7 Å². The van der Waals surface area contributed by atoms with E-state index in [-0.39, 0.29) is 17.6 Å². The first kappa shape index (κ1) is 24.5. The summed E-state index contributed by atoms with van der Waals surface area (Å²) in [7, 11) is 0. The second kappa shape index (κ2) is 9.80. The van der Waals surface area contributed by atoms with E-state index in [0.717, 1.165) is 48.8 Å². The monoisotopic (exact) mass is 536 g/mol. The van der Waals surface area contributed by atoms with Crippen molar-refractivity contribution in [2.24, 2.45) is 11.1 Å². The van der Waals surface area contributed by atoms with Gasteiger partial charge < -0.3 is 21.1 Å². The lowest BCUT2D eigenvalue weighted by Crippen LogP contribution is -2.50. The lowest BCUT2D eigenvalue weighted by Gasteiger charge is -2.41. The first-order chi connectivity index (χ1) is 17.9. The molecule has 9 nitrogen and oxygen atoms in total. The van der Waals surface area contributed by atoms with Crippen LogP contribution in [0.25, 0.3) is 0 Å². The Morgan fingerprint density at radius 2 is 2.00 bits per heavy atom. The normalized spacial score (nSPS) is 22.7. The van der Waals surface area contributed by atoms with Crippen molar-refractivity contribution in [2.75, 3.05) is 30.3 Å². The van der Waals surface area contributed by atoms with Crippen LogP contribution in [0.15, 0.2) is 40.8 Å². The van der Waals surface area contributed by atoms with Crippen molar-refractivity contribution in [3.05, 3.63) is 47.1 Å². The molecule has 3 aliphatic rings. The largest absolute Gasteiger partial charge is 0.381 e. The van der Waals surface area contributed by atoms with E-state index >= 15 is 0 Å². The third kappa shape index (κ3) is 4.89. The van der Waals surface area contributed by atoms with Gasteiger partial charge in [0.1, 0.15) is 16.5 Å². The van der Waals surface area contributed by atoms with Crippen LogP contribution in [0, 0.1) is 17.3 Å². The molecule has 6 rings (SSSR count). The molecule has 0 radical (unpaired) electrons. The van der Waals surface area contributed by atoms with Crippen molar-refractivity contribution >= 4 is 35.0 Å². The van der Waals surface area contributed by atoms with Crippen LogP contribution in [0.5, 0.6) is 0 Å². The van der Waals surface area contributed by atoms with E-state index in [2.05, 4.69) is 43.7 Å². The minimum absolute atomic E-state index is 0.0566. The maximum Gasteiger partial charge on any atom is 0.158 e. The number of nitrogens with zero attached hydrogens (tertiary/aromatic N) is 6. The molecular formula is C26H29ClN8OS. The molecular weight excluding hydrogens is 508 g/mol. The maximum absolute atomic E-state index is 6.65. The van der Waals surface area contributed by atoms with Crippen LogP contribution in [0.2, 0.25) is 5.02 Å². The van der Waals surface area contributed by atoms with E-state index in [1.165, 1.54) is 24.6 Å². The molecule has 1 aliphatic carbocycles. The summed E-state index contributed by atoms with van der Waals surface area (Å²) in [5, 5.41) is 5.43. The highest BCUT2D eigenvalue weighted by Crippen LogP contribution is 2.42. The van der Waals surface area contributed by atoms with Crippen LogP contribution < -0.4 is 16.4 Å². The molecule has 11 heteroatoms. The molecule has 5 heterocycles. The van der Waals surface area contributed by atoms with Crippen LogP contribution in [0.1, 0.15) is 49.9 Å². The molecule has 3 fully saturated rings. The molecule has 37 heavy (non-hydrogen) atoms. The van der Waals surface area contributed by atoms with Crippen molar-refractivity contribution in [3.8, 4) is 11.8 Å². The maximum atomic E-state index is 6.65. The van der Waals surface area contributed by atoms with Gasteiger partial charge in [-0.15, -0.1) is 0 Å². The molecule has 4 N–H and O–H groups in total. The molecule has 1 saturated carbocycles. The average molecular weight is 537 g/mol. The van der Waals surface area contributed by atoms with Gasteiger partial charge in [0.15, 0.2) is 5.82 Å². The fourth-order valence-corrected chi connectivity index (χ4v) is 6.09. The third-order valence-corrected chi connectivity index (χ3v) is 9.15. The Labute approximate surface area is 225 Å². The minimum atomic E-state index is 0.0566. The van der Waals surface area contributed by atoms with Crippen LogP contribution >= 0.6 is 23.4 Å². The van der Waals surface area contributed by atoms with Crippen LogP contribution in [-0.4, -0.2) is 56.6 Å². The van der Waals surface area contributed by atoms with Crippen molar-refractivity contribution in [1.29, 1.82) is 0 Å². The molecule has 2 aliphatic heterocycles. The van der Waals surface area contributed by atoms with Gasteiger partial charge in [0.05, 0.1) is 41.7 Å². The number of piperidine rings is 1. The van der Waals surface area contributed by atoms with Crippen LogP contribution in [0.3, 0.4) is 0 Å². The number of ether oxygens (including phenoxy) is 1. The Balaban J connectivity index is 1.14. The zero-order valence-electron chi connectivity index (χ0n) is 20.6. The van der Waals surface area contributed by atoms with E-state index < -0.39 is 0 Å². The molecule has 1 spiro atoms. The number of hydrogen-bond donors (Lipinski definition) is 2. The van der Waals surface area contributed by atoms with E-state index in [1.54, 1.807) is 18.6 Å². The Morgan fingerprint density at radius 1 is 1.19 bits per heavy atom. The molecule has 0 bridgehead atoms. The number of aromatic nitrogens is 5. The van der Waals surface area contributed by atoms with Gasteiger partial charge in [-0.05, 0) is 44.6 Å². The minimum Gasteiger partial charge on any atom is -0.381 e. The molecule has 2 saturated heterocycles. The first-order valence-corrected chi connectivity index (χ1v) is 13.7. The Hall–Kier alpha value is -2.84. The molecule has 3 aromatic heterocycles. The SMILES string of the molecule is C[C@@H]1OCC2(CCN(c3cnc(Sc4ccnc(C#Cc5cnn(C6CC6)c5)c4Cl)c(N)n3)CC2)[C@@H]1N. The summed E-state index contributed by atoms with van der Waals surface area (Å²) >= 11 is 8.01. The molecule has 192 valence electrons. The molecule has 0 aromatic carbocycles. The zero-order valence-corrected chi connectivity index (χ0v) is 22.2. The second-order valence-electron chi connectivity index (χ2n) is 10.1. The number of nitrogen functional groups attached to an aromatic ring is 1. The molecule has 3 aromatic rings. The first-order valence-electron chi connectivity index (χ1n) is 12.5. The molecule has 0 amide bonds. The summed E-state index contributed by atoms with van der Waals surface area (Å²) in [5.41, 5.74) is 14.2. The second-order valence-corrected chi connectivity index (χ2v) is 11.5. The molecule has 2 atom stereocenters. The smallest absolute Gasteiger partial charge is 0.158 e. The van der Waals surface area contributed by atoms with Crippen molar-refractivity contribution < 1.29 is 4.74 Å². The molecule has 0 unspecified atom stereocenters. The van der Waals surface area contributed by atoms with Gasteiger partial charge in [-0.2, -0.15) is 5.10 Å². The van der Waals surface area contributed by atoms with Gasteiger partial charge in [-0.1, -0.05) is 29.3 Å². The van der Waals surface area contributed by atoms with Gasteiger partial charge >= 0.3 is 0 Å². The van der Waals surface area contributed by atoms with E-state index in [9.17, 15) is 0 Å². The summed E-state index contributed by atoms with van der Waals surface area (Å²) in [6.45, 7) is 4.49. The number of hydrogen-bond acceptors (Lipinski definition) is 9. The average Bonchev–Trinajstić information content (AvgIpc) is 3.59.